The van der Waals surface area contributed by atoms with Crippen molar-refractivity contribution in [1.82, 2.24) is 0 Å². The van der Waals surface area contributed by atoms with Crippen molar-refractivity contribution in [2.75, 3.05) is 6.61 Å². The highest BCUT2D eigenvalue weighted by atomic mass is 16.5. The number of nitrogens with zero attached hydrogens (tertiary/aromatic N) is 1. The third-order valence-electron chi connectivity index (χ3n) is 3.48. The van der Waals surface area contributed by atoms with Crippen molar-refractivity contribution < 1.29 is 4.74 Å². The first-order valence-corrected chi connectivity index (χ1v) is 7.30. The van der Waals surface area contributed by atoms with Gasteiger partial charge in [0.05, 0.1) is 18.1 Å². The Hall–Kier alpha value is -2.27. The van der Waals surface area contributed by atoms with Gasteiger partial charge in [0.15, 0.2) is 0 Å². The topological polar surface area (TPSA) is 33.0 Å². The molecule has 0 aromatic heterocycles. The summed E-state index contributed by atoms with van der Waals surface area (Å²) in [5.74, 6) is 0.879. The van der Waals surface area contributed by atoms with Crippen LogP contribution in [0.3, 0.4) is 0 Å². The molecule has 0 amide bonds. The Bertz CT molecular complexity index is 594. The van der Waals surface area contributed by atoms with Crippen molar-refractivity contribution >= 4 is 0 Å². The number of hydrogen-bond acceptors (Lipinski definition) is 2. The van der Waals surface area contributed by atoms with Gasteiger partial charge >= 0.3 is 0 Å². The molecule has 2 heteroatoms. The van der Waals surface area contributed by atoms with E-state index in [1.807, 2.05) is 44.2 Å². The number of benzene rings is 2. The molecule has 2 rings (SSSR count). The molecule has 21 heavy (non-hydrogen) atoms. The van der Waals surface area contributed by atoms with Crippen molar-refractivity contribution in [3.8, 4) is 22.9 Å². The average molecular weight is 279 g/mol. The lowest BCUT2D eigenvalue weighted by molar-refractivity contribution is 0.284. The monoisotopic (exact) mass is 279 g/mol. The normalized spacial score (nSPS) is 10.9. The first-order chi connectivity index (χ1) is 10.1. The van der Waals surface area contributed by atoms with Gasteiger partial charge in [-0.1, -0.05) is 42.5 Å². The van der Waals surface area contributed by atoms with Crippen LogP contribution in [-0.2, 0) is 0 Å². The smallest absolute Gasteiger partial charge is 0.119 e. The molecule has 0 aliphatic carbocycles. The van der Waals surface area contributed by atoms with Gasteiger partial charge in [-0.2, -0.15) is 5.26 Å². The van der Waals surface area contributed by atoms with Gasteiger partial charge in [0.2, 0.25) is 0 Å². The van der Waals surface area contributed by atoms with E-state index in [9.17, 15) is 0 Å². The van der Waals surface area contributed by atoms with E-state index in [1.54, 1.807) is 0 Å². The molecule has 0 N–H and O–H groups in total. The number of nitriles is 1. The highest BCUT2D eigenvalue weighted by molar-refractivity contribution is 5.63. The van der Waals surface area contributed by atoms with Crippen LogP contribution in [0, 0.1) is 16.7 Å². The van der Waals surface area contributed by atoms with E-state index < -0.39 is 0 Å². The maximum Gasteiger partial charge on any atom is 0.119 e. The summed E-state index contributed by atoms with van der Waals surface area (Å²) >= 11 is 0. The second-order valence-corrected chi connectivity index (χ2v) is 5.84. The molecular formula is C19H21NO. The van der Waals surface area contributed by atoms with Crippen LogP contribution in [0.5, 0.6) is 5.75 Å². The van der Waals surface area contributed by atoms with Crippen LogP contribution in [0.2, 0.25) is 0 Å². The molecule has 0 heterocycles. The van der Waals surface area contributed by atoms with Crippen LogP contribution in [0.15, 0.2) is 54.6 Å². The zero-order valence-corrected chi connectivity index (χ0v) is 12.7. The Balaban J connectivity index is 1.85. The Morgan fingerprint density at radius 2 is 1.57 bits per heavy atom. The zero-order valence-electron chi connectivity index (χ0n) is 12.7. The lowest BCUT2D eigenvalue weighted by Gasteiger charge is -2.14. The van der Waals surface area contributed by atoms with Crippen LogP contribution < -0.4 is 4.74 Å². The molecule has 0 saturated carbocycles. The fraction of sp³-hybridized carbons (Fsp3) is 0.316. The first-order valence-electron chi connectivity index (χ1n) is 7.30. The van der Waals surface area contributed by atoms with Gasteiger partial charge in [-0.25, -0.2) is 0 Å². The molecule has 0 spiro atoms. The van der Waals surface area contributed by atoms with Crippen LogP contribution in [0.4, 0.5) is 0 Å². The van der Waals surface area contributed by atoms with E-state index in [-0.39, 0.29) is 5.41 Å². The highest BCUT2D eigenvalue weighted by Gasteiger charge is 2.15. The van der Waals surface area contributed by atoms with Crippen molar-refractivity contribution in [2.45, 2.75) is 26.7 Å². The lowest BCUT2D eigenvalue weighted by atomic mass is 9.90. The van der Waals surface area contributed by atoms with E-state index in [2.05, 4.69) is 30.3 Å². The molecule has 0 bridgehead atoms. The molecule has 0 radical (unpaired) electrons. The lowest BCUT2D eigenvalue weighted by Crippen LogP contribution is -2.10. The molecule has 2 aromatic carbocycles. The van der Waals surface area contributed by atoms with E-state index in [0.29, 0.717) is 6.61 Å². The quantitative estimate of drug-likeness (QED) is 0.692. The van der Waals surface area contributed by atoms with Gasteiger partial charge in [0.25, 0.3) is 0 Å². The van der Waals surface area contributed by atoms with Crippen LogP contribution in [0.25, 0.3) is 11.1 Å². The number of ether oxygens (including phenoxy) is 1. The summed E-state index contributed by atoms with van der Waals surface area (Å²) in [6, 6.07) is 20.7. The minimum atomic E-state index is -0.263. The fourth-order valence-electron chi connectivity index (χ4n) is 2.13. The minimum absolute atomic E-state index is 0.263. The summed E-state index contributed by atoms with van der Waals surface area (Å²) < 4.78 is 5.73. The van der Waals surface area contributed by atoms with Crippen molar-refractivity contribution in [3.05, 3.63) is 54.6 Å². The summed E-state index contributed by atoms with van der Waals surface area (Å²) in [6.07, 6.45) is 1.74. The molecular weight excluding hydrogens is 258 g/mol. The Morgan fingerprint density at radius 3 is 2.19 bits per heavy atom. The van der Waals surface area contributed by atoms with E-state index in [1.165, 1.54) is 11.1 Å². The molecule has 2 aromatic rings. The second kappa shape index (κ2) is 6.95. The average Bonchev–Trinajstić information content (AvgIpc) is 2.53. The predicted molar refractivity (Wildman–Crippen MR) is 86.0 cm³/mol. The summed E-state index contributed by atoms with van der Waals surface area (Å²) in [5, 5.41) is 8.96. The molecule has 2 nitrogen and oxygen atoms in total. The standard InChI is InChI=1S/C19H21NO/c1-19(2,15-20)13-6-14-21-18-11-9-17(10-12-18)16-7-4-3-5-8-16/h3-5,7-12H,6,13-14H2,1-2H3. The van der Waals surface area contributed by atoms with Crippen LogP contribution >= 0.6 is 0 Å². The SMILES string of the molecule is CC(C)(C#N)CCCOc1ccc(-c2ccccc2)cc1. The minimum Gasteiger partial charge on any atom is -0.494 e. The van der Waals surface area contributed by atoms with Crippen LogP contribution in [0.1, 0.15) is 26.7 Å². The van der Waals surface area contributed by atoms with Gasteiger partial charge in [-0.15, -0.1) is 0 Å². The predicted octanol–water partition coefficient (Wildman–Crippen LogP) is 5.06. The summed E-state index contributed by atoms with van der Waals surface area (Å²) in [4.78, 5) is 0. The van der Waals surface area contributed by atoms with Gasteiger partial charge in [0, 0.05) is 0 Å². The van der Waals surface area contributed by atoms with Crippen LogP contribution in [-0.4, -0.2) is 6.61 Å². The van der Waals surface area contributed by atoms with Crippen molar-refractivity contribution in [3.63, 3.8) is 0 Å². The zero-order chi connectivity index (χ0) is 15.1. The Morgan fingerprint density at radius 1 is 0.952 bits per heavy atom. The molecule has 108 valence electrons. The molecule has 0 atom stereocenters. The molecule has 0 aliphatic rings. The van der Waals surface area contributed by atoms with Crippen molar-refractivity contribution in [1.29, 1.82) is 5.26 Å². The molecule has 0 fully saturated rings. The molecule has 0 aliphatic heterocycles. The van der Waals surface area contributed by atoms with E-state index in [0.717, 1.165) is 18.6 Å². The van der Waals surface area contributed by atoms with Gasteiger partial charge < -0.3 is 4.74 Å². The first kappa shape index (κ1) is 15.1. The molecule has 0 saturated heterocycles. The van der Waals surface area contributed by atoms with Gasteiger partial charge in [-0.05, 0) is 49.9 Å². The number of rotatable bonds is 6. The van der Waals surface area contributed by atoms with Crippen molar-refractivity contribution in [2.24, 2.45) is 5.41 Å². The Kier molecular flexibility index (Phi) is 5.00. The maximum absolute atomic E-state index is 8.96. The number of hydrogen-bond donors (Lipinski definition) is 0. The maximum atomic E-state index is 8.96. The fourth-order valence-corrected chi connectivity index (χ4v) is 2.13. The van der Waals surface area contributed by atoms with E-state index in [4.69, 9.17) is 10.00 Å². The van der Waals surface area contributed by atoms with E-state index >= 15 is 0 Å². The Labute approximate surface area is 127 Å². The molecule has 0 unspecified atom stereocenters. The van der Waals surface area contributed by atoms with Gasteiger partial charge in [-0.3, -0.25) is 0 Å². The third kappa shape index (κ3) is 4.65. The highest BCUT2D eigenvalue weighted by Crippen LogP contribution is 2.23. The largest absolute Gasteiger partial charge is 0.494 e. The summed E-state index contributed by atoms with van der Waals surface area (Å²) in [7, 11) is 0. The summed E-state index contributed by atoms with van der Waals surface area (Å²) in [6.45, 7) is 4.57. The second-order valence-electron chi connectivity index (χ2n) is 5.84. The third-order valence-corrected chi connectivity index (χ3v) is 3.48. The summed E-state index contributed by atoms with van der Waals surface area (Å²) in [5.41, 5.74) is 2.13. The van der Waals surface area contributed by atoms with Gasteiger partial charge in [0.1, 0.15) is 5.75 Å².